The molecule has 1 saturated heterocycles. The summed E-state index contributed by atoms with van der Waals surface area (Å²) < 4.78 is 5.84. The molecule has 1 unspecified atom stereocenters. The molecule has 4 N–H and O–H groups in total. The molecule has 2 rings (SSSR count). The second-order valence-corrected chi connectivity index (χ2v) is 6.87. The first-order valence-electron chi connectivity index (χ1n) is 7.84. The van der Waals surface area contributed by atoms with Crippen LogP contribution in [0.1, 0.15) is 24.1 Å². The van der Waals surface area contributed by atoms with Gasteiger partial charge in [-0.05, 0) is 37.5 Å². The van der Waals surface area contributed by atoms with Crippen molar-refractivity contribution in [2.45, 2.75) is 25.4 Å². The minimum absolute atomic E-state index is 0.00437. The van der Waals surface area contributed by atoms with Crippen molar-refractivity contribution in [2.75, 3.05) is 20.2 Å². The Balaban J connectivity index is 2.34. The Hall–Kier alpha value is -1.76. The Bertz CT molecular complexity index is 717. The molecule has 0 saturated carbocycles. The molecule has 25 heavy (non-hydrogen) atoms. The van der Waals surface area contributed by atoms with Crippen LogP contribution in [-0.2, 0) is 15.1 Å². The molecule has 1 fully saturated rings. The molecule has 6 nitrogen and oxygen atoms in total. The molecule has 0 radical (unpaired) electrons. The smallest absolute Gasteiger partial charge is 0.255 e. The zero-order valence-electron chi connectivity index (χ0n) is 14.3. The Morgan fingerprint density at radius 1 is 1.52 bits per heavy atom. The number of halogens is 2. The topological polar surface area (TPSA) is 94.5 Å². The Labute approximate surface area is 157 Å². The third-order valence-electron chi connectivity index (χ3n) is 4.33. The van der Waals surface area contributed by atoms with Gasteiger partial charge in [0.25, 0.3) is 5.91 Å². The van der Waals surface area contributed by atoms with E-state index in [4.69, 9.17) is 39.4 Å². The summed E-state index contributed by atoms with van der Waals surface area (Å²) >= 11 is 11.7. The van der Waals surface area contributed by atoms with Gasteiger partial charge in [-0.15, -0.1) is 0 Å². The van der Waals surface area contributed by atoms with Gasteiger partial charge < -0.3 is 21.1 Å². The Morgan fingerprint density at radius 3 is 2.80 bits per heavy atom. The van der Waals surface area contributed by atoms with E-state index in [0.717, 1.165) is 24.1 Å². The lowest BCUT2D eigenvalue weighted by atomic mass is 9.86. The van der Waals surface area contributed by atoms with Gasteiger partial charge in [0.15, 0.2) is 0 Å². The number of pyridine rings is 1. The van der Waals surface area contributed by atoms with Crippen LogP contribution in [0.15, 0.2) is 35.3 Å². The van der Waals surface area contributed by atoms with Gasteiger partial charge in [-0.2, -0.15) is 0 Å². The first-order chi connectivity index (χ1) is 11.8. The van der Waals surface area contributed by atoms with Crippen molar-refractivity contribution in [1.82, 2.24) is 9.88 Å². The van der Waals surface area contributed by atoms with E-state index < -0.39 is 5.60 Å². The van der Waals surface area contributed by atoms with Gasteiger partial charge in [0.1, 0.15) is 5.60 Å². The molecule has 136 valence electrons. The second-order valence-electron chi connectivity index (χ2n) is 6.00. The molecule has 1 aromatic rings. The fraction of sp³-hybridized carbons (Fsp3) is 0.412. The number of likely N-dealkylation sites (tertiary alicyclic amines) is 1. The fourth-order valence-corrected chi connectivity index (χ4v) is 3.51. The lowest BCUT2D eigenvalue weighted by molar-refractivity contribution is -0.137. The number of amides is 1. The third-order valence-corrected chi connectivity index (χ3v) is 4.65. The highest BCUT2D eigenvalue weighted by molar-refractivity contribution is 6.30. The maximum atomic E-state index is 12.8. The van der Waals surface area contributed by atoms with E-state index in [1.165, 1.54) is 12.3 Å². The molecule has 2 heterocycles. The number of hydrogen-bond donors (Lipinski definition) is 2. The van der Waals surface area contributed by atoms with Crippen LogP contribution in [0.3, 0.4) is 0 Å². The van der Waals surface area contributed by atoms with Crippen molar-refractivity contribution in [1.29, 1.82) is 0 Å². The average molecular weight is 385 g/mol. The summed E-state index contributed by atoms with van der Waals surface area (Å²) in [6, 6.07) is 1.84. The molecular formula is C17H22Cl2N4O2. The van der Waals surface area contributed by atoms with E-state index in [9.17, 15) is 4.79 Å². The van der Waals surface area contributed by atoms with Gasteiger partial charge in [-0.25, -0.2) is 0 Å². The van der Waals surface area contributed by atoms with Gasteiger partial charge in [-0.3, -0.25) is 9.78 Å². The minimum atomic E-state index is -0.696. The number of rotatable bonds is 4. The van der Waals surface area contributed by atoms with Crippen LogP contribution in [0.25, 0.3) is 0 Å². The van der Waals surface area contributed by atoms with Gasteiger partial charge in [0, 0.05) is 26.1 Å². The molecule has 1 amide bonds. The molecular weight excluding hydrogens is 363 g/mol. The highest BCUT2D eigenvalue weighted by Crippen LogP contribution is 2.36. The monoisotopic (exact) mass is 384 g/mol. The zero-order chi connectivity index (χ0) is 18.6. The van der Waals surface area contributed by atoms with E-state index in [0.29, 0.717) is 18.1 Å². The van der Waals surface area contributed by atoms with Gasteiger partial charge >= 0.3 is 0 Å². The molecule has 1 aliphatic rings. The van der Waals surface area contributed by atoms with Crippen molar-refractivity contribution < 1.29 is 9.53 Å². The zero-order valence-corrected chi connectivity index (χ0v) is 15.8. The summed E-state index contributed by atoms with van der Waals surface area (Å²) in [6.45, 7) is 2.87. The molecule has 8 heteroatoms. The molecule has 0 spiro atoms. The van der Waals surface area contributed by atoms with E-state index in [-0.39, 0.29) is 16.6 Å². The lowest BCUT2D eigenvalue weighted by Gasteiger charge is -2.42. The third kappa shape index (κ3) is 4.26. The van der Waals surface area contributed by atoms with Crippen LogP contribution in [-0.4, -0.2) is 36.0 Å². The SMILES string of the molecule is COC1(c2ncc(Cl)cc2C)CCCN(C(=O)C(/C=C(\N)Cl)=C/N)C1. The van der Waals surface area contributed by atoms with Crippen LogP contribution >= 0.6 is 23.2 Å². The standard InChI is InChI=1S/C17H22Cl2N4O2/c1-11-6-13(18)9-22-15(11)17(25-2)4-3-5-23(10-17)16(24)12(8-20)7-14(19)21/h6-9H,3-5,10,20-21H2,1-2H3/b12-8+,14-7-. The normalized spacial score (nSPS) is 22.2. The van der Waals surface area contributed by atoms with Crippen LogP contribution in [0, 0.1) is 6.92 Å². The highest BCUT2D eigenvalue weighted by Gasteiger charge is 2.41. The summed E-state index contributed by atoms with van der Waals surface area (Å²) in [6.07, 6.45) is 5.65. The summed E-state index contributed by atoms with van der Waals surface area (Å²) in [5.41, 5.74) is 12.2. The van der Waals surface area contributed by atoms with Crippen molar-refractivity contribution in [3.8, 4) is 0 Å². The average Bonchev–Trinajstić information content (AvgIpc) is 2.58. The van der Waals surface area contributed by atoms with Crippen LogP contribution in [0.2, 0.25) is 5.02 Å². The van der Waals surface area contributed by atoms with E-state index in [1.807, 2.05) is 13.0 Å². The maximum absolute atomic E-state index is 12.8. The number of aryl methyl sites for hydroxylation is 1. The van der Waals surface area contributed by atoms with Crippen LogP contribution in [0.5, 0.6) is 0 Å². The van der Waals surface area contributed by atoms with Crippen molar-refractivity contribution in [2.24, 2.45) is 11.5 Å². The van der Waals surface area contributed by atoms with Crippen LogP contribution < -0.4 is 11.5 Å². The number of piperidine rings is 1. The minimum Gasteiger partial charge on any atom is -0.404 e. The van der Waals surface area contributed by atoms with Crippen molar-refractivity contribution in [3.05, 3.63) is 51.5 Å². The van der Waals surface area contributed by atoms with E-state index in [1.54, 1.807) is 18.2 Å². The van der Waals surface area contributed by atoms with Crippen molar-refractivity contribution >= 4 is 29.1 Å². The fourth-order valence-electron chi connectivity index (χ4n) is 3.18. The van der Waals surface area contributed by atoms with Crippen LogP contribution in [0.4, 0.5) is 0 Å². The first kappa shape index (κ1) is 19.6. The van der Waals surface area contributed by atoms with E-state index in [2.05, 4.69) is 4.98 Å². The van der Waals surface area contributed by atoms with Gasteiger partial charge in [0.2, 0.25) is 0 Å². The quantitative estimate of drug-likeness (QED) is 0.472. The molecule has 1 aromatic heterocycles. The van der Waals surface area contributed by atoms with Crippen molar-refractivity contribution in [3.63, 3.8) is 0 Å². The largest absolute Gasteiger partial charge is 0.404 e. The number of carbonyl (C=O) groups is 1. The molecule has 0 aliphatic carbocycles. The number of ether oxygens (including phenoxy) is 1. The molecule has 1 aliphatic heterocycles. The number of nitrogens with zero attached hydrogens (tertiary/aromatic N) is 2. The molecule has 0 aromatic carbocycles. The predicted molar refractivity (Wildman–Crippen MR) is 98.9 cm³/mol. The first-order valence-corrected chi connectivity index (χ1v) is 8.60. The maximum Gasteiger partial charge on any atom is 0.255 e. The molecule has 0 bridgehead atoms. The lowest BCUT2D eigenvalue weighted by Crippen LogP contribution is -2.50. The predicted octanol–water partition coefficient (Wildman–Crippen LogP) is 2.39. The van der Waals surface area contributed by atoms with Gasteiger partial charge in [0.05, 0.1) is 28.0 Å². The number of methoxy groups -OCH3 is 1. The Morgan fingerprint density at radius 2 is 2.24 bits per heavy atom. The number of nitrogens with two attached hydrogens (primary N) is 2. The number of hydrogen-bond acceptors (Lipinski definition) is 5. The number of carbonyl (C=O) groups excluding carboxylic acids is 1. The summed E-state index contributed by atoms with van der Waals surface area (Å²) in [7, 11) is 1.63. The Kier molecular flexibility index (Phi) is 6.32. The van der Waals surface area contributed by atoms with E-state index >= 15 is 0 Å². The highest BCUT2D eigenvalue weighted by atomic mass is 35.5. The summed E-state index contributed by atoms with van der Waals surface area (Å²) in [5, 5.41) is 0.558. The molecule has 1 atom stereocenters. The summed E-state index contributed by atoms with van der Waals surface area (Å²) in [5.74, 6) is -0.251. The second kappa shape index (κ2) is 8.08. The summed E-state index contributed by atoms with van der Waals surface area (Å²) in [4.78, 5) is 18.9. The van der Waals surface area contributed by atoms with Gasteiger partial charge in [-0.1, -0.05) is 23.2 Å². The number of aromatic nitrogens is 1.